The summed E-state index contributed by atoms with van der Waals surface area (Å²) in [4.78, 5) is 17.1. The maximum atomic E-state index is 11.9. The molecule has 0 aliphatic heterocycles. The van der Waals surface area contributed by atoms with Gasteiger partial charge in [-0.05, 0) is 41.1 Å². The second-order valence-corrected chi connectivity index (χ2v) is 6.35. The van der Waals surface area contributed by atoms with Crippen molar-refractivity contribution in [3.63, 3.8) is 0 Å². The second-order valence-electron chi connectivity index (χ2n) is 3.80. The van der Waals surface area contributed by atoms with E-state index in [1.165, 1.54) is 6.20 Å². The van der Waals surface area contributed by atoms with Crippen molar-refractivity contribution in [3.05, 3.63) is 44.3 Å². The quantitative estimate of drug-likeness (QED) is 0.911. The summed E-state index contributed by atoms with van der Waals surface area (Å²) in [6.07, 6.45) is 1.50. The van der Waals surface area contributed by atoms with E-state index in [-0.39, 0.29) is 5.91 Å². The van der Waals surface area contributed by atoms with Gasteiger partial charge < -0.3 is 11.1 Å². The summed E-state index contributed by atoms with van der Waals surface area (Å²) in [5.74, 6) is -0.204. The maximum absolute atomic E-state index is 11.9. The lowest BCUT2D eigenvalue weighted by Crippen LogP contribution is -2.23. The number of pyridine rings is 1. The van der Waals surface area contributed by atoms with Crippen LogP contribution < -0.4 is 11.1 Å². The molecule has 2 aromatic rings. The fourth-order valence-electron chi connectivity index (χ4n) is 1.48. The van der Waals surface area contributed by atoms with Crippen molar-refractivity contribution < 1.29 is 4.79 Å². The van der Waals surface area contributed by atoms with Crippen LogP contribution in [0.25, 0.3) is 0 Å². The third kappa shape index (κ3) is 3.08. The molecule has 0 atom stereocenters. The van der Waals surface area contributed by atoms with E-state index < -0.39 is 0 Å². The van der Waals surface area contributed by atoms with Gasteiger partial charge in [-0.1, -0.05) is 0 Å². The molecule has 2 aromatic heterocycles. The summed E-state index contributed by atoms with van der Waals surface area (Å²) >= 11 is 4.97. The molecular formula is C12H12BrN3OS. The average molecular weight is 326 g/mol. The predicted molar refractivity (Wildman–Crippen MR) is 76.6 cm³/mol. The highest BCUT2D eigenvalue weighted by molar-refractivity contribution is 9.11. The minimum Gasteiger partial charge on any atom is -0.398 e. The molecule has 0 saturated carbocycles. The van der Waals surface area contributed by atoms with Gasteiger partial charge in [-0.15, -0.1) is 11.3 Å². The van der Waals surface area contributed by atoms with E-state index in [0.29, 0.717) is 17.8 Å². The fraction of sp³-hybridized carbons (Fsp3) is 0.167. The Bertz CT molecular complexity index is 582. The van der Waals surface area contributed by atoms with Gasteiger partial charge in [0.05, 0.1) is 15.9 Å². The number of amides is 1. The largest absolute Gasteiger partial charge is 0.398 e. The van der Waals surface area contributed by atoms with Crippen molar-refractivity contribution in [2.75, 3.05) is 5.73 Å². The Kier molecular flexibility index (Phi) is 3.98. The Morgan fingerprint density at radius 2 is 2.33 bits per heavy atom. The number of nitrogen functional groups attached to an aromatic ring is 1. The van der Waals surface area contributed by atoms with Crippen molar-refractivity contribution in [2.24, 2.45) is 0 Å². The molecule has 0 unspecified atom stereocenters. The number of anilines is 1. The zero-order valence-electron chi connectivity index (χ0n) is 9.74. The molecule has 0 fully saturated rings. The van der Waals surface area contributed by atoms with Crippen LogP contribution in [0.15, 0.2) is 28.2 Å². The lowest BCUT2D eigenvalue weighted by atomic mass is 10.2. The number of halogens is 1. The van der Waals surface area contributed by atoms with Gasteiger partial charge in [-0.25, -0.2) is 0 Å². The van der Waals surface area contributed by atoms with E-state index >= 15 is 0 Å². The van der Waals surface area contributed by atoms with Gasteiger partial charge in [0.2, 0.25) is 0 Å². The number of aryl methyl sites for hydroxylation is 1. The Morgan fingerprint density at radius 3 is 2.94 bits per heavy atom. The molecular weight excluding hydrogens is 314 g/mol. The monoisotopic (exact) mass is 325 g/mol. The van der Waals surface area contributed by atoms with E-state index in [2.05, 4.69) is 26.2 Å². The zero-order valence-corrected chi connectivity index (χ0v) is 12.1. The molecule has 6 heteroatoms. The van der Waals surface area contributed by atoms with Crippen molar-refractivity contribution in [2.45, 2.75) is 13.5 Å². The first-order chi connectivity index (χ1) is 8.56. The Hall–Kier alpha value is -1.40. The summed E-state index contributed by atoms with van der Waals surface area (Å²) < 4.78 is 1.04. The molecule has 2 heterocycles. The van der Waals surface area contributed by atoms with Crippen LogP contribution in [0, 0.1) is 6.92 Å². The van der Waals surface area contributed by atoms with E-state index in [9.17, 15) is 4.79 Å². The van der Waals surface area contributed by atoms with Crippen LogP contribution in [-0.2, 0) is 6.54 Å². The average Bonchev–Trinajstić information content (AvgIpc) is 2.72. The Morgan fingerprint density at radius 1 is 1.56 bits per heavy atom. The number of thiophene rings is 1. The van der Waals surface area contributed by atoms with E-state index in [0.717, 1.165) is 14.4 Å². The highest BCUT2D eigenvalue weighted by atomic mass is 79.9. The minimum atomic E-state index is -0.204. The van der Waals surface area contributed by atoms with Gasteiger partial charge in [-0.3, -0.25) is 9.78 Å². The summed E-state index contributed by atoms with van der Waals surface area (Å²) in [5, 5.41) is 2.82. The zero-order chi connectivity index (χ0) is 13.1. The first-order valence-corrected chi connectivity index (χ1v) is 6.92. The molecule has 0 spiro atoms. The summed E-state index contributed by atoms with van der Waals surface area (Å²) in [6.45, 7) is 2.32. The lowest BCUT2D eigenvalue weighted by Gasteiger charge is -2.06. The normalized spacial score (nSPS) is 10.3. The number of aromatic nitrogens is 1. The van der Waals surface area contributed by atoms with Crippen molar-refractivity contribution in [1.82, 2.24) is 10.3 Å². The van der Waals surface area contributed by atoms with Crippen molar-refractivity contribution in [3.8, 4) is 0 Å². The van der Waals surface area contributed by atoms with Crippen LogP contribution in [0.4, 0.5) is 5.69 Å². The van der Waals surface area contributed by atoms with Gasteiger partial charge in [0.25, 0.3) is 5.91 Å². The fourth-order valence-corrected chi connectivity index (χ4v) is 2.90. The van der Waals surface area contributed by atoms with Gasteiger partial charge in [0, 0.05) is 22.5 Å². The number of nitrogens with one attached hydrogen (secondary N) is 1. The van der Waals surface area contributed by atoms with E-state index in [1.807, 2.05) is 19.1 Å². The molecule has 4 nitrogen and oxygen atoms in total. The predicted octanol–water partition coefficient (Wildman–Crippen LogP) is 2.73. The molecule has 0 saturated heterocycles. The van der Waals surface area contributed by atoms with Crippen LogP contribution in [-0.4, -0.2) is 10.9 Å². The highest BCUT2D eigenvalue weighted by Crippen LogP contribution is 2.22. The van der Waals surface area contributed by atoms with Crippen LogP contribution in [0.3, 0.4) is 0 Å². The highest BCUT2D eigenvalue weighted by Gasteiger charge is 2.10. The first-order valence-electron chi connectivity index (χ1n) is 5.31. The first kappa shape index (κ1) is 13.0. The number of hydrogen-bond donors (Lipinski definition) is 2. The molecule has 18 heavy (non-hydrogen) atoms. The van der Waals surface area contributed by atoms with Gasteiger partial charge in [0.1, 0.15) is 0 Å². The van der Waals surface area contributed by atoms with Gasteiger partial charge >= 0.3 is 0 Å². The smallest absolute Gasteiger partial charge is 0.255 e. The summed E-state index contributed by atoms with van der Waals surface area (Å²) in [5.41, 5.74) is 7.45. The summed E-state index contributed by atoms with van der Waals surface area (Å²) in [6, 6.07) is 5.61. The topological polar surface area (TPSA) is 68.0 Å². The molecule has 3 N–H and O–H groups in total. The van der Waals surface area contributed by atoms with Gasteiger partial charge in [-0.2, -0.15) is 0 Å². The van der Waals surface area contributed by atoms with Crippen molar-refractivity contribution in [1.29, 1.82) is 0 Å². The van der Waals surface area contributed by atoms with Gasteiger partial charge in [0.15, 0.2) is 0 Å². The number of nitrogens with two attached hydrogens (primary N) is 1. The molecule has 0 aromatic carbocycles. The molecule has 0 aliphatic carbocycles. The molecule has 0 radical (unpaired) electrons. The Balaban J connectivity index is 2.03. The van der Waals surface area contributed by atoms with E-state index in [4.69, 9.17) is 5.73 Å². The number of carbonyl (C=O) groups is 1. The van der Waals surface area contributed by atoms with E-state index in [1.54, 1.807) is 17.4 Å². The molecule has 1 amide bonds. The standard InChI is InChI=1S/C12H12BrN3OS/c1-7-4-10(14)9(6-15-7)12(17)16-5-8-2-3-11(13)18-8/h2-4,6H,5H2,1H3,(H2,14,15)(H,16,17). The number of hydrogen-bond acceptors (Lipinski definition) is 4. The van der Waals surface area contributed by atoms with Crippen molar-refractivity contribution >= 4 is 38.9 Å². The van der Waals surface area contributed by atoms with Crippen LogP contribution in [0.5, 0.6) is 0 Å². The Labute approximate surface area is 117 Å². The SMILES string of the molecule is Cc1cc(N)c(C(=O)NCc2ccc(Br)s2)cn1. The number of carbonyl (C=O) groups excluding carboxylic acids is 1. The third-order valence-electron chi connectivity index (χ3n) is 2.37. The maximum Gasteiger partial charge on any atom is 0.255 e. The van der Waals surface area contributed by atoms with Crippen LogP contribution >= 0.6 is 27.3 Å². The number of rotatable bonds is 3. The molecule has 2 rings (SSSR count). The van der Waals surface area contributed by atoms with Crippen LogP contribution in [0.2, 0.25) is 0 Å². The summed E-state index contributed by atoms with van der Waals surface area (Å²) in [7, 11) is 0. The molecule has 0 bridgehead atoms. The molecule has 94 valence electrons. The molecule has 0 aliphatic rings. The number of nitrogens with zero attached hydrogens (tertiary/aromatic N) is 1. The third-order valence-corrected chi connectivity index (χ3v) is 3.99. The van der Waals surface area contributed by atoms with Crippen LogP contribution in [0.1, 0.15) is 20.9 Å². The minimum absolute atomic E-state index is 0.204. The lowest BCUT2D eigenvalue weighted by molar-refractivity contribution is 0.0952. The second kappa shape index (κ2) is 5.49.